The zero-order chi connectivity index (χ0) is 21.5. The van der Waals surface area contributed by atoms with Crippen LogP contribution in [0.15, 0.2) is 54.6 Å². The number of likely N-dealkylation sites (tertiary alicyclic amines) is 1. The van der Waals surface area contributed by atoms with E-state index >= 15 is 0 Å². The molecule has 156 valence electrons. The summed E-state index contributed by atoms with van der Waals surface area (Å²) < 4.78 is 5.70. The molecule has 0 aromatic heterocycles. The van der Waals surface area contributed by atoms with Gasteiger partial charge in [-0.25, -0.2) is 4.79 Å². The van der Waals surface area contributed by atoms with Crippen LogP contribution < -0.4 is 10.1 Å². The number of carbonyl (C=O) groups is 3. The van der Waals surface area contributed by atoms with Gasteiger partial charge in [-0.3, -0.25) is 9.59 Å². The summed E-state index contributed by atoms with van der Waals surface area (Å²) in [6.07, 6.45) is 0.455. The highest BCUT2D eigenvalue weighted by Crippen LogP contribution is 2.63. The molecule has 4 atom stereocenters. The Morgan fingerprint density at radius 1 is 1.10 bits per heavy atom. The molecular weight excluding hydrogens is 384 g/mol. The van der Waals surface area contributed by atoms with Crippen LogP contribution in [-0.4, -0.2) is 46.4 Å². The second kappa shape index (κ2) is 7.48. The van der Waals surface area contributed by atoms with E-state index in [0.717, 1.165) is 0 Å². The number of piperidine rings is 1. The van der Waals surface area contributed by atoms with E-state index in [9.17, 15) is 19.5 Å². The average Bonchev–Trinajstić information content (AvgIpc) is 3.09. The Labute approximate surface area is 174 Å². The number of hydrogen-bond donors (Lipinski definition) is 2. The van der Waals surface area contributed by atoms with Crippen molar-refractivity contribution in [3.63, 3.8) is 0 Å². The van der Waals surface area contributed by atoms with Crippen molar-refractivity contribution in [3.8, 4) is 11.5 Å². The van der Waals surface area contributed by atoms with Crippen molar-refractivity contribution in [2.75, 3.05) is 6.54 Å². The van der Waals surface area contributed by atoms with Gasteiger partial charge in [-0.15, -0.1) is 0 Å². The monoisotopic (exact) mass is 408 g/mol. The van der Waals surface area contributed by atoms with Crippen LogP contribution in [0.2, 0.25) is 0 Å². The van der Waals surface area contributed by atoms with E-state index in [2.05, 4.69) is 5.32 Å². The molecule has 0 radical (unpaired) electrons. The van der Waals surface area contributed by atoms with E-state index < -0.39 is 17.9 Å². The molecule has 7 nitrogen and oxygen atoms in total. The molecule has 0 unspecified atom stereocenters. The fraction of sp³-hybridized carbons (Fsp3) is 0.348. The first-order valence-electron chi connectivity index (χ1n) is 9.96. The van der Waals surface area contributed by atoms with Crippen LogP contribution in [0.3, 0.4) is 0 Å². The number of hydrogen-bond acceptors (Lipinski definition) is 4. The summed E-state index contributed by atoms with van der Waals surface area (Å²) in [6, 6.07) is 15.0. The van der Waals surface area contributed by atoms with Gasteiger partial charge in [0, 0.05) is 11.6 Å². The van der Waals surface area contributed by atoms with E-state index in [1.165, 1.54) is 4.90 Å². The van der Waals surface area contributed by atoms with Crippen LogP contribution in [0.1, 0.15) is 30.6 Å². The highest BCUT2D eigenvalue weighted by atomic mass is 16.5. The minimum Gasteiger partial charge on any atom is -0.480 e. The number of benzene rings is 2. The van der Waals surface area contributed by atoms with Crippen LogP contribution in [0.5, 0.6) is 11.5 Å². The summed E-state index contributed by atoms with van der Waals surface area (Å²) in [4.78, 5) is 38.1. The lowest BCUT2D eigenvalue weighted by Crippen LogP contribution is -2.48. The first kappa shape index (κ1) is 19.9. The number of aliphatic carboxylic acids is 1. The van der Waals surface area contributed by atoms with E-state index in [1.54, 1.807) is 24.3 Å². The minimum absolute atomic E-state index is 0.0718. The molecule has 2 aromatic carbocycles. The molecule has 1 aliphatic carbocycles. The Balaban J connectivity index is 1.35. The molecule has 1 saturated heterocycles. The molecule has 30 heavy (non-hydrogen) atoms. The van der Waals surface area contributed by atoms with Gasteiger partial charge in [0.15, 0.2) is 0 Å². The number of fused-ring (bicyclic) bond motifs is 1. The molecule has 7 heteroatoms. The number of nitrogens with one attached hydrogen (secondary N) is 1. The lowest BCUT2D eigenvalue weighted by molar-refractivity contribution is -0.149. The Bertz CT molecular complexity index is 975. The van der Waals surface area contributed by atoms with Crippen molar-refractivity contribution < 1.29 is 24.2 Å². The van der Waals surface area contributed by atoms with Gasteiger partial charge in [-0.1, -0.05) is 32.0 Å². The van der Waals surface area contributed by atoms with Crippen LogP contribution in [0.4, 0.5) is 0 Å². The second-order valence-corrected chi connectivity index (χ2v) is 8.22. The largest absolute Gasteiger partial charge is 0.480 e. The highest BCUT2D eigenvalue weighted by Gasteiger charge is 2.70. The predicted molar refractivity (Wildman–Crippen MR) is 109 cm³/mol. The van der Waals surface area contributed by atoms with Gasteiger partial charge >= 0.3 is 5.97 Å². The van der Waals surface area contributed by atoms with Crippen LogP contribution in [0, 0.1) is 11.3 Å². The third-order valence-electron chi connectivity index (χ3n) is 6.42. The summed E-state index contributed by atoms with van der Waals surface area (Å²) in [5.74, 6) is -0.197. The molecule has 1 aliphatic heterocycles. The van der Waals surface area contributed by atoms with Gasteiger partial charge in [0.1, 0.15) is 17.5 Å². The first-order valence-corrected chi connectivity index (χ1v) is 9.96. The zero-order valence-electron chi connectivity index (χ0n) is 16.9. The first-order chi connectivity index (χ1) is 14.3. The van der Waals surface area contributed by atoms with Crippen molar-refractivity contribution in [3.05, 3.63) is 60.2 Å². The zero-order valence-corrected chi connectivity index (χ0v) is 16.9. The van der Waals surface area contributed by atoms with Gasteiger partial charge in [-0.05, 0) is 54.2 Å². The molecule has 2 aromatic rings. The normalized spacial score (nSPS) is 26.6. The fourth-order valence-corrected chi connectivity index (χ4v) is 4.53. The fourth-order valence-electron chi connectivity index (χ4n) is 4.53. The second-order valence-electron chi connectivity index (χ2n) is 8.22. The van der Waals surface area contributed by atoms with E-state index in [4.69, 9.17) is 4.74 Å². The van der Waals surface area contributed by atoms with Crippen molar-refractivity contribution in [1.82, 2.24) is 10.2 Å². The van der Waals surface area contributed by atoms with E-state index in [1.807, 2.05) is 44.2 Å². The topological polar surface area (TPSA) is 95.9 Å². The SMILES string of the molecule is C[C@@H]1[C@@H]2N(C(=O)CNC(=O)c3ccc(Oc4ccccc4)cc3)[C@H](C(=O)O)C[C@]12C. The number of carbonyl (C=O) groups excluding carboxylic acids is 2. The maximum absolute atomic E-state index is 12.7. The average molecular weight is 408 g/mol. The Morgan fingerprint density at radius 3 is 2.37 bits per heavy atom. The number of amides is 2. The van der Waals surface area contributed by atoms with Crippen LogP contribution in [-0.2, 0) is 9.59 Å². The quantitative estimate of drug-likeness (QED) is 0.766. The number of rotatable bonds is 6. The molecule has 1 saturated carbocycles. The van der Waals surface area contributed by atoms with Gasteiger partial charge in [0.25, 0.3) is 5.91 Å². The summed E-state index contributed by atoms with van der Waals surface area (Å²) in [7, 11) is 0. The Morgan fingerprint density at radius 2 is 1.73 bits per heavy atom. The van der Waals surface area contributed by atoms with E-state index in [-0.39, 0.29) is 29.8 Å². The molecule has 2 fully saturated rings. The lowest BCUT2D eigenvalue weighted by Gasteiger charge is -2.25. The number of nitrogens with zero attached hydrogens (tertiary/aromatic N) is 1. The van der Waals surface area contributed by atoms with Crippen molar-refractivity contribution in [1.29, 1.82) is 0 Å². The van der Waals surface area contributed by atoms with Gasteiger partial charge in [0.2, 0.25) is 5.91 Å². The van der Waals surface area contributed by atoms with Crippen molar-refractivity contribution in [2.24, 2.45) is 11.3 Å². The van der Waals surface area contributed by atoms with Crippen LogP contribution >= 0.6 is 0 Å². The van der Waals surface area contributed by atoms with E-state index in [0.29, 0.717) is 23.5 Å². The predicted octanol–water partition coefficient (Wildman–Crippen LogP) is 2.92. The molecule has 2 N–H and O–H groups in total. The highest BCUT2D eigenvalue weighted by molar-refractivity contribution is 5.97. The Kier molecular flexibility index (Phi) is 4.97. The smallest absolute Gasteiger partial charge is 0.326 e. The molecule has 1 heterocycles. The standard InChI is InChI=1S/C23H24N2O5/c1-14-20-23(14,2)12-18(22(28)29)25(20)19(26)13-24-21(27)15-8-10-17(11-9-15)30-16-6-4-3-5-7-16/h3-11,14,18,20H,12-13H2,1-2H3,(H,24,27)(H,28,29)/t14-,18+,20+,23-/m1/s1. The summed E-state index contributed by atoms with van der Waals surface area (Å²) in [5, 5.41) is 12.1. The summed E-state index contributed by atoms with van der Waals surface area (Å²) in [6.45, 7) is 3.81. The van der Waals surface area contributed by atoms with Gasteiger partial charge < -0.3 is 20.1 Å². The Hall–Kier alpha value is -3.35. The summed E-state index contributed by atoms with van der Waals surface area (Å²) in [5.41, 5.74) is 0.251. The van der Waals surface area contributed by atoms with Crippen molar-refractivity contribution in [2.45, 2.75) is 32.4 Å². The van der Waals surface area contributed by atoms with Gasteiger partial charge in [0.05, 0.1) is 6.54 Å². The minimum atomic E-state index is -0.996. The molecule has 4 rings (SSSR count). The molecule has 2 amide bonds. The molecule has 0 spiro atoms. The number of ether oxygens (including phenoxy) is 1. The summed E-state index contributed by atoms with van der Waals surface area (Å²) >= 11 is 0. The van der Waals surface area contributed by atoms with Crippen LogP contribution in [0.25, 0.3) is 0 Å². The number of para-hydroxylation sites is 1. The van der Waals surface area contributed by atoms with Crippen molar-refractivity contribution >= 4 is 17.8 Å². The third-order valence-corrected chi connectivity index (χ3v) is 6.42. The lowest BCUT2D eigenvalue weighted by atomic mass is 9.99. The maximum atomic E-state index is 12.7. The third kappa shape index (κ3) is 3.51. The molecule has 2 aliphatic rings. The van der Waals surface area contributed by atoms with Gasteiger partial charge in [-0.2, -0.15) is 0 Å². The number of carboxylic acid groups (broad SMARTS) is 1. The maximum Gasteiger partial charge on any atom is 0.326 e. The molecular formula is C23H24N2O5. The number of carboxylic acids is 1. The molecule has 0 bridgehead atoms.